The highest BCUT2D eigenvalue weighted by molar-refractivity contribution is 6.32. The Morgan fingerprint density at radius 3 is 2.94 bits per heavy atom. The number of aromatic nitrogens is 2. The number of halogens is 1. The summed E-state index contributed by atoms with van der Waals surface area (Å²) < 4.78 is 1.52. The van der Waals surface area contributed by atoms with Gasteiger partial charge < -0.3 is 5.32 Å². The smallest absolute Gasteiger partial charge is 0.262 e. The maximum Gasteiger partial charge on any atom is 0.262 e. The lowest BCUT2D eigenvalue weighted by molar-refractivity contribution is -0.117. The molecular formula is C11H13ClN4O. The molecule has 1 heterocycles. The molecule has 0 aliphatic carbocycles. The molecule has 0 saturated heterocycles. The molecule has 6 heteroatoms. The van der Waals surface area contributed by atoms with Crippen LogP contribution in [0.15, 0.2) is 11.8 Å². The van der Waals surface area contributed by atoms with Crippen molar-refractivity contribution in [3.05, 3.63) is 22.5 Å². The number of nitriles is 1. The molecular weight excluding hydrogens is 240 g/mol. The van der Waals surface area contributed by atoms with Crippen molar-refractivity contribution in [3.8, 4) is 6.07 Å². The monoisotopic (exact) mass is 252 g/mol. The molecule has 1 N–H and O–H groups in total. The lowest BCUT2D eigenvalue weighted by atomic mass is 10.2. The van der Waals surface area contributed by atoms with E-state index in [1.165, 1.54) is 10.8 Å². The van der Waals surface area contributed by atoms with E-state index in [4.69, 9.17) is 16.9 Å². The van der Waals surface area contributed by atoms with E-state index in [0.29, 0.717) is 17.3 Å². The van der Waals surface area contributed by atoms with E-state index in [1.807, 2.05) is 13.0 Å². The van der Waals surface area contributed by atoms with Gasteiger partial charge in [0.25, 0.3) is 5.91 Å². The topological polar surface area (TPSA) is 70.7 Å². The predicted molar refractivity (Wildman–Crippen MR) is 65.1 cm³/mol. The molecule has 0 aliphatic heterocycles. The fourth-order valence-corrected chi connectivity index (χ4v) is 1.43. The third-order valence-electron chi connectivity index (χ3n) is 1.99. The Hall–Kier alpha value is -1.80. The zero-order chi connectivity index (χ0) is 12.8. The number of rotatable bonds is 4. The van der Waals surface area contributed by atoms with E-state index < -0.39 is 5.91 Å². The maximum absolute atomic E-state index is 11.6. The third kappa shape index (κ3) is 3.61. The van der Waals surface area contributed by atoms with E-state index in [2.05, 4.69) is 10.4 Å². The van der Waals surface area contributed by atoms with E-state index >= 15 is 0 Å². The molecule has 1 amide bonds. The molecule has 0 saturated carbocycles. The van der Waals surface area contributed by atoms with Crippen LogP contribution in [0.25, 0.3) is 6.08 Å². The summed E-state index contributed by atoms with van der Waals surface area (Å²) in [5, 5.41) is 16.0. The zero-order valence-corrected chi connectivity index (χ0v) is 10.5. The van der Waals surface area contributed by atoms with Crippen LogP contribution in [-0.4, -0.2) is 22.2 Å². The number of hydrogen-bond acceptors (Lipinski definition) is 3. The summed E-state index contributed by atoms with van der Waals surface area (Å²) in [6.07, 6.45) is 3.80. The largest absolute Gasteiger partial charge is 0.351 e. The molecule has 90 valence electrons. The molecule has 1 aromatic rings. The predicted octanol–water partition coefficient (Wildman–Crippen LogP) is 1.51. The number of nitrogens with zero attached hydrogens (tertiary/aromatic N) is 3. The zero-order valence-electron chi connectivity index (χ0n) is 9.70. The van der Waals surface area contributed by atoms with Crippen LogP contribution in [0.1, 0.15) is 19.0 Å². The van der Waals surface area contributed by atoms with Gasteiger partial charge in [-0.25, -0.2) is 0 Å². The highest BCUT2D eigenvalue weighted by atomic mass is 35.5. The maximum atomic E-state index is 11.6. The molecule has 0 aromatic carbocycles. The second-order valence-electron chi connectivity index (χ2n) is 3.46. The first-order valence-electron chi connectivity index (χ1n) is 5.17. The summed E-state index contributed by atoms with van der Waals surface area (Å²) in [5.41, 5.74) is 0.413. The highest BCUT2D eigenvalue weighted by Gasteiger charge is 2.10. The van der Waals surface area contributed by atoms with E-state index in [0.717, 1.165) is 6.42 Å². The molecule has 0 aliphatic rings. The van der Waals surface area contributed by atoms with Crippen LogP contribution in [-0.2, 0) is 11.8 Å². The number of amides is 1. The number of nitrogens with one attached hydrogen (secondary N) is 1. The SMILES string of the molecule is CCCNC(=O)/C(C#N)=C/c1nn(C)cc1Cl. The van der Waals surface area contributed by atoms with Crippen molar-refractivity contribution in [1.82, 2.24) is 15.1 Å². The second kappa shape index (κ2) is 6.06. The van der Waals surface area contributed by atoms with E-state index in [1.54, 1.807) is 13.2 Å². The molecule has 0 bridgehead atoms. The van der Waals surface area contributed by atoms with Crippen LogP contribution in [0.5, 0.6) is 0 Å². The summed E-state index contributed by atoms with van der Waals surface area (Å²) in [6, 6.07) is 1.84. The van der Waals surface area contributed by atoms with Crippen molar-refractivity contribution in [1.29, 1.82) is 5.26 Å². The van der Waals surface area contributed by atoms with Gasteiger partial charge in [-0.1, -0.05) is 18.5 Å². The Balaban J connectivity index is 2.91. The van der Waals surface area contributed by atoms with Gasteiger partial charge >= 0.3 is 0 Å². The standard InChI is InChI=1S/C11H13ClN4O/c1-3-4-14-11(17)8(6-13)5-10-9(12)7-16(2)15-10/h5,7H,3-4H2,1-2H3,(H,14,17)/b8-5+. The summed E-state index contributed by atoms with van der Waals surface area (Å²) in [7, 11) is 1.71. The normalized spacial score (nSPS) is 11.1. The molecule has 5 nitrogen and oxygen atoms in total. The first-order valence-corrected chi connectivity index (χ1v) is 5.55. The molecule has 0 spiro atoms. The number of carbonyl (C=O) groups excluding carboxylic acids is 1. The van der Waals surface area contributed by atoms with Crippen LogP contribution >= 0.6 is 11.6 Å². The van der Waals surface area contributed by atoms with Crippen molar-refractivity contribution < 1.29 is 4.79 Å². The van der Waals surface area contributed by atoms with Gasteiger partial charge in [-0.05, 0) is 12.5 Å². The minimum atomic E-state index is -0.406. The summed E-state index contributed by atoms with van der Waals surface area (Å²) >= 11 is 5.89. The van der Waals surface area contributed by atoms with Crippen molar-refractivity contribution in [2.45, 2.75) is 13.3 Å². The Labute approximate surface area is 105 Å². The lowest BCUT2D eigenvalue weighted by Crippen LogP contribution is -2.25. The van der Waals surface area contributed by atoms with Gasteiger partial charge in [-0.2, -0.15) is 10.4 Å². The molecule has 1 rings (SSSR count). The molecule has 0 radical (unpaired) electrons. The van der Waals surface area contributed by atoms with Crippen molar-refractivity contribution in [2.75, 3.05) is 6.54 Å². The molecule has 0 fully saturated rings. The first-order chi connectivity index (χ1) is 8.08. The number of aryl methyl sites for hydroxylation is 1. The summed E-state index contributed by atoms with van der Waals surface area (Å²) in [6.45, 7) is 2.47. The number of carbonyl (C=O) groups is 1. The fourth-order valence-electron chi connectivity index (χ4n) is 1.19. The van der Waals surface area contributed by atoms with Crippen molar-refractivity contribution in [2.24, 2.45) is 7.05 Å². The average Bonchev–Trinajstić information content (AvgIpc) is 2.61. The van der Waals surface area contributed by atoms with Gasteiger partial charge in [0.2, 0.25) is 0 Å². The minimum absolute atomic E-state index is 0.000880. The van der Waals surface area contributed by atoms with Gasteiger partial charge in [-0.15, -0.1) is 0 Å². The van der Waals surface area contributed by atoms with Crippen molar-refractivity contribution in [3.63, 3.8) is 0 Å². The van der Waals surface area contributed by atoms with E-state index in [9.17, 15) is 4.79 Å². The highest BCUT2D eigenvalue weighted by Crippen LogP contribution is 2.16. The fraction of sp³-hybridized carbons (Fsp3) is 0.364. The number of hydrogen-bond donors (Lipinski definition) is 1. The Kier molecular flexibility index (Phi) is 4.73. The Bertz CT molecular complexity index is 484. The van der Waals surface area contributed by atoms with Crippen LogP contribution in [0.2, 0.25) is 5.02 Å². The first kappa shape index (κ1) is 13.3. The quantitative estimate of drug-likeness (QED) is 0.652. The van der Waals surface area contributed by atoms with Gasteiger partial charge in [0.15, 0.2) is 0 Å². The molecule has 0 atom stereocenters. The summed E-state index contributed by atoms with van der Waals surface area (Å²) in [4.78, 5) is 11.6. The Morgan fingerprint density at radius 2 is 2.47 bits per heavy atom. The molecule has 17 heavy (non-hydrogen) atoms. The Morgan fingerprint density at radius 1 is 1.76 bits per heavy atom. The molecule has 1 aromatic heterocycles. The average molecular weight is 253 g/mol. The second-order valence-corrected chi connectivity index (χ2v) is 3.87. The summed E-state index contributed by atoms with van der Waals surface area (Å²) in [5.74, 6) is -0.406. The van der Waals surface area contributed by atoms with Crippen LogP contribution in [0.4, 0.5) is 0 Å². The third-order valence-corrected chi connectivity index (χ3v) is 2.28. The van der Waals surface area contributed by atoms with E-state index in [-0.39, 0.29) is 5.57 Å². The minimum Gasteiger partial charge on any atom is -0.351 e. The lowest BCUT2D eigenvalue weighted by Gasteiger charge is -2.00. The van der Waals surface area contributed by atoms with Gasteiger partial charge in [0.1, 0.15) is 17.3 Å². The molecule has 0 unspecified atom stereocenters. The van der Waals surface area contributed by atoms with Gasteiger partial charge in [0.05, 0.1) is 5.02 Å². The van der Waals surface area contributed by atoms with Gasteiger partial charge in [0, 0.05) is 19.8 Å². The van der Waals surface area contributed by atoms with Crippen LogP contribution in [0, 0.1) is 11.3 Å². The van der Waals surface area contributed by atoms with Crippen LogP contribution in [0.3, 0.4) is 0 Å². The van der Waals surface area contributed by atoms with Gasteiger partial charge in [-0.3, -0.25) is 9.48 Å². The van der Waals surface area contributed by atoms with Crippen LogP contribution < -0.4 is 5.32 Å². The van der Waals surface area contributed by atoms with Crippen molar-refractivity contribution >= 4 is 23.6 Å².